The van der Waals surface area contributed by atoms with E-state index in [1.165, 1.54) is 0 Å². The number of aromatic nitrogens is 6. The summed E-state index contributed by atoms with van der Waals surface area (Å²) in [6.45, 7) is 6.06. The maximum atomic E-state index is 5.26. The highest BCUT2D eigenvalue weighted by atomic mass is 14.8. The number of hydrogen-bond acceptors (Lipinski definition) is 6. The molecular formula is C45H30N6. The van der Waals surface area contributed by atoms with Crippen LogP contribution in [0.4, 0.5) is 0 Å². The van der Waals surface area contributed by atoms with Gasteiger partial charge in [-0.05, 0) is 75.4 Å². The summed E-state index contributed by atoms with van der Waals surface area (Å²) < 4.78 is 0. The molecule has 0 amide bonds. The monoisotopic (exact) mass is 654 g/mol. The van der Waals surface area contributed by atoms with Gasteiger partial charge in [-0.25, -0.2) is 15.0 Å². The molecule has 4 aromatic carbocycles. The summed E-state index contributed by atoms with van der Waals surface area (Å²) in [5.74, 6) is 0. The van der Waals surface area contributed by atoms with Gasteiger partial charge in [0.15, 0.2) is 0 Å². The first-order valence-electron chi connectivity index (χ1n) is 17.1. The topological polar surface area (TPSA) is 77.3 Å². The minimum absolute atomic E-state index is 0.855. The van der Waals surface area contributed by atoms with Crippen molar-refractivity contribution in [3.05, 3.63) is 144 Å². The lowest BCUT2D eigenvalue weighted by molar-refractivity contribution is 1.25. The molecule has 10 aromatic rings. The van der Waals surface area contributed by atoms with Crippen molar-refractivity contribution >= 4 is 65.4 Å². The molecule has 0 spiro atoms. The van der Waals surface area contributed by atoms with E-state index in [2.05, 4.69) is 109 Å². The third-order valence-corrected chi connectivity index (χ3v) is 9.80. The van der Waals surface area contributed by atoms with Crippen LogP contribution in [0.1, 0.15) is 17.1 Å². The predicted molar refractivity (Wildman–Crippen MR) is 209 cm³/mol. The van der Waals surface area contributed by atoms with Gasteiger partial charge in [0.1, 0.15) is 0 Å². The van der Waals surface area contributed by atoms with Crippen LogP contribution in [0.2, 0.25) is 0 Å². The number of pyridine rings is 6. The molecule has 0 unspecified atom stereocenters. The van der Waals surface area contributed by atoms with E-state index < -0.39 is 0 Å². The van der Waals surface area contributed by atoms with E-state index in [1.54, 1.807) is 0 Å². The Morgan fingerprint density at radius 1 is 0.255 bits per heavy atom. The fourth-order valence-corrected chi connectivity index (χ4v) is 7.15. The predicted octanol–water partition coefficient (Wildman–Crippen LogP) is 10.9. The zero-order valence-corrected chi connectivity index (χ0v) is 28.3. The van der Waals surface area contributed by atoms with Gasteiger partial charge in [0, 0.05) is 66.1 Å². The number of aryl methyl sites for hydroxylation is 3. The molecule has 6 nitrogen and oxygen atoms in total. The van der Waals surface area contributed by atoms with Gasteiger partial charge in [-0.2, -0.15) is 0 Å². The molecule has 240 valence electrons. The number of nitrogens with zero attached hydrogens (tertiary/aromatic N) is 6. The molecule has 6 aromatic heterocycles. The van der Waals surface area contributed by atoms with Crippen molar-refractivity contribution in [2.45, 2.75) is 20.8 Å². The lowest BCUT2D eigenvalue weighted by Crippen LogP contribution is -1.94. The van der Waals surface area contributed by atoms with Crippen molar-refractivity contribution < 1.29 is 0 Å². The molecule has 0 saturated heterocycles. The number of fused-ring (bicyclic) bond motifs is 9. The van der Waals surface area contributed by atoms with Crippen LogP contribution in [0.25, 0.3) is 99.2 Å². The van der Waals surface area contributed by atoms with Crippen LogP contribution in [0.15, 0.2) is 127 Å². The summed E-state index contributed by atoms with van der Waals surface area (Å²) in [6, 6.07) is 44.4. The molecule has 6 heteroatoms. The molecular weight excluding hydrogens is 625 g/mol. The van der Waals surface area contributed by atoms with Crippen LogP contribution in [-0.2, 0) is 0 Å². The van der Waals surface area contributed by atoms with E-state index in [-0.39, 0.29) is 0 Å². The van der Waals surface area contributed by atoms with Gasteiger partial charge in [-0.15, -0.1) is 0 Å². The van der Waals surface area contributed by atoms with Crippen molar-refractivity contribution in [3.8, 4) is 33.8 Å². The Kier molecular flexibility index (Phi) is 6.42. The molecule has 0 radical (unpaired) electrons. The molecule has 0 aliphatic rings. The number of rotatable bonds is 3. The van der Waals surface area contributed by atoms with Crippen LogP contribution in [0.5, 0.6) is 0 Å². The second-order valence-electron chi connectivity index (χ2n) is 13.4. The third-order valence-electron chi connectivity index (χ3n) is 9.80. The van der Waals surface area contributed by atoms with E-state index in [4.69, 9.17) is 29.9 Å². The zero-order chi connectivity index (χ0) is 34.2. The summed E-state index contributed by atoms with van der Waals surface area (Å²) in [5.41, 5.74) is 13.7. The Labute approximate surface area is 293 Å². The van der Waals surface area contributed by atoms with Crippen molar-refractivity contribution in [2.75, 3.05) is 0 Å². The Balaban J connectivity index is 1.23. The molecule has 0 aliphatic carbocycles. The lowest BCUT2D eigenvalue weighted by Gasteiger charge is -2.13. The van der Waals surface area contributed by atoms with E-state index in [1.807, 2.05) is 39.0 Å². The zero-order valence-electron chi connectivity index (χ0n) is 28.3. The summed E-state index contributed by atoms with van der Waals surface area (Å²) in [6.07, 6.45) is 0. The van der Waals surface area contributed by atoms with E-state index >= 15 is 0 Å². The van der Waals surface area contributed by atoms with E-state index in [9.17, 15) is 0 Å². The second-order valence-corrected chi connectivity index (χ2v) is 13.4. The molecule has 0 bridgehead atoms. The lowest BCUT2D eigenvalue weighted by atomic mass is 9.97. The van der Waals surface area contributed by atoms with E-state index in [0.717, 1.165) is 116 Å². The number of benzene rings is 4. The molecule has 0 saturated carbocycles. The van der Waals surface area contributed by atoms with Crippen LogP contribution in [0, 0.1) is 20.8 Å². The molecule has 0 N–H and O–H groups in total. The minimum atomic E-state index is 0.855. The van der Waals surface area contributed by atoms with Crippen LogP contribution in [0.3, 0.4) is 0 Å². The molecule has 10 rings (SSSR count). The third kappa shape index (κ3) is 4.95. The Morgan fingerprint density at radius 2 is 0.471 bits per heavy atom. The van der Waals surface area contributed by atoms with E-state index in [0.29, 0.717) is 0 Å². The van der Waals surface area contributed by atoms with Gasteiger partial charge in [0.2, 0.25) is 0 Å². The van der Waals surface area contributed by atoms with Gasteiger partial charge in [0.05, 0.1) is 50.2 Å². The fourth-order valence-electron chi connectivity index (χ4n) is 7.15. The molecule has 51 heavy (non-hydrogen) atoms. The van der Waals surface area contributed by atoms with Crippen molar-refractivity contribution in [3.63, 3.8) is 0 Å². The minimum Gasteiger partial charge on any atom is -0.251 e. The summed E-state index contributed by atoms with van der Waals surface area (Å²) in [7, 11) is 0. The first kappa shape index (κ1) is 29.3. The highest BCUT2D eigenvalue weighted by molar-refractivity contribution is 6.06. The molecule has 0 aliphatic heterocycles. The SMILES string of the molecule is Cc1ccc2ccc3ccc(-c4cc(-c5ccc6ccc7ccc(C)nc7c6n5)cc(-c5ccc6ccc7ccc(C)nc7c6n5)c4)nc3c2n1. The highest BCUT2D eigenvalue weighted by Gasteiger charge is 2.15. The quantitative estimate of drug-likeness (QED) is 0.176. The van der Waals surface area contributed by atoms with Crippen molar-refractivity contribution in [2.24, 2.45) is 0 Å². The fraction of sp³-hybridized carbons (Fsp3) is 0.0667. The van der Waals surface area contributed by atoms with Gasteiger partial charge in [-0.1, -0.05) is 72.8 Å². The average Bonchev–Trinajstić information content (AvgIpc) is 3.17. The average molecular weight is 655 g/mol. The second kappa shape index (κ2) is 11.2. The van der Waals surface area contributed by atoms with Crippen molar-refractivity contribution in [1.82, 2.24) is 29.9 Å². The standard InChI is InChI=1S/C45H30N6/c1-25-4-7-28-10-13-31-16-19-37(49-43(31)40(28)46-25)34-22-35(38-20-17-32-14-11-29-8-5-26(2)47-41(29)44(32)50-38)24-36(23-34)39-21-18-33-15-12-30-9-6-27(3)48-42(30)45(33)51-39/h4-24H,1-3H3. The Morgan fingerprint density at radius 3 is 0.745 bits per heavy atom. The first-order chi connectivity index (χ1) is 24.9. The van der Waals surface area contributed by atoms with Gasteiger partial charge >= 0.3 is 0 Å². The molecule has 0 fully saturated rings. The summed E-state index contributed by atoms with van der Waals surface area (Å²) in [5, 5.41) is 6.37. The Bertz CT molecular complexity index is 2730. The summed E-state index contributed by atoms with van der Waals surface area (Å²) >= 11 is 0. The van der Waals surface area contributed by atoms with Gasteiger partial charge < -0.3 is 0 Å². The smallest absolute Gasteiger partial charge is 0.0972 e. The maximum Gasteiger partial charge on any atom is 0.0972 e. The normalized spacial score (nSPS) is 11.8. The first-order valence-corrected chi connectivity index (χ1v) is 17.1. The van der Waals surface area contributed by atoms with Crippen LogP contribution < -0.4 is 0 Å². The largest absolute Gasteiger partial charge is 0.251 e. The maximum absolute atomic E-state index is 5.26. The van der Waals surface area contributed by atoms with Crippen molar-refractivity contribution in [1.29, 1.82) is 0 Å². The molecule has 0 atom stereocenters. The van der Waals surface area contributed by atoms with Gasteiger partial charge in [0.25, 0.3) is 0 Å². The van der Waals surface area contributed by atoms with Crippen LogP contribution >= 0.6 is 0 Å². The van der Waals surface area contributed by atoms with Crippen LogP contribution in [-0.4, -0.2) is 29.9 Å². The summed E-state index contributed by atoms with van der Waals surface area (Å²) in [4.78, 5) is 30.5. The number of hydrogen-bond donors (Lipinski definition) is 0. The Hall–Kier alpha value is -6.66. The van der Waals surface area contributed by atoms with Gasteiger partial charge in [-0.3, -0.25) is 15.0 Å². The molecule has 6 heterocycles. The highest BCUT2D eigenvalue weighted by Crippen LogP contribution is 2.35.